The van der Waals surface area contributed by atoms with Crippen LogP contribution in [0.1, 0.15) is 19.8 Å². The monoisotopic (exact) mass is 161 g/mol. The summed E-state index contributed by atoms with van der Waals surface area (Å²) in [5.74, 6) is 1.83. The highest BCUT2D eigenvalue weighted by molar-refractivity contribution is 7.99. The smallest absolute Gasteiger partial charge is 0.229 e. The first-order chi connectivity index (χ1) is 4.81. The fourth-order valence-electron chi connectivity index (χ4n) is 0.483. The largest absolute Gasteiger partial charge is 0.358 e. The molecule has 0 saturated carbocycles. The Hall–Kier alpha value is -0.180. The standard InChI is InChI=1S/C7H15NOS/c1-3-4-5-10-6-7(9)8-2/h3-6H2,1-2H3,(H,8,9). The third-order valence-electron chi connectivity index (χ3n) is 1.15. The minimum atomic E-state index is 0.126. The summed E-state index contributed by atoms with van der Waals surface area (Å²) in [4.78, 5) is 10.6. The summed E-state index contributed by atoms with van der Waals surface area (Å²) in [7, 11) is 1.67. The van der Waals surface area contributed by atoms with E-state index in [-0.39, 0.29) is 5.91 Å². The summed E-state index contributed by atoms with van der Waals surface area (Å²) >= 11 is 1.70. The molecule has 0 aromatic carbocycles. The average Bonchev–Trinajstić information content (AvgIpc) is 1.98. The molecule has 0 bridgehead atoms. The van der Waals surface area contributed by atoms with Crippen molar-refractivity contribution in [1.29, 1.82) is 0 Å². The second-order valence-corrected chi connectivity index (χ2v) is 3.18. The highest BCUT2D eigenvalue weighted by Crippen LogP contribution is 2.02. The van der Waals surface area contributed by atoms with Crippen LogP contribution in [0.2, 0.25) is 0 Å². The maximum atomic E-state index is 10.6. The van der Waals surface area contributed by atoms with Crippen molar-refractivity contribution in [1.82, 2.24) is 5.32 Å². The molecular formula is C7H15NOS. The van der Waals surface area contributed by atoms with E-state index in [1.165, 1.54) is 12.8 Å². The van der Waals surface area contributed by atoms with Gasteiger partial charge in [0.05, 0.1) is 5.75 Å². The van der Waals surface area contributed by atoms with E-state index in [4.69, 9.17) is 0 Å². The van der Waals surface area contributed by atoms with Crippen molar-refractivity contribution in [3.05, 3.63) is 0 Å². The van der Waals surface area contributed by atoms with Gasteiger partial charge in [-0.2, -0.15) is 11.8 Å². The third kappa shape index (κ3) is 5.95. The molecule has 60 valence electrons. The number of carbonyl (C=O) groups is 1. The zero-order valence-corrected chi connectivity index (χ0v) is 7.46. The Morgan fingerprint density at radius 1 is 1.60 bits per heavy atom. The first-order valence-electron chi connectivity index (χ1n) is 3.59. The summed E-state index contributed by atoms with van der Waals surface area (Å²) in [5.41, 5.74) is 0. The number of rotatable bonds is 5. The van der Waals surface area contributed by atoms with Gasteiger partial charge in [-0.15, -0.1) is 0 Å². The van der Waals surface area contributed by atoms with Crippen molar-refractivity contribution in [2.75, 3.05) is 18.6 Å². The molecular weight excluding hydrogens is 146 g/mol. The van der Waals surface area contributed by atoms with E-state index in [1.54, 1.807) is 18.8 Å². The van der Waals surface area contributed by atoms with Crippen molar-refractivity contribution >= 4 is 17.7 Å². The molecule has 0 atom stereocenters. The van der Waals surface area contributed by atoms with E-state index in [2.05, 4.69) is 12.2 Å². The zero-order valence-electron chi connectivity index (χ0n) is 6.64. The summed E-state index contributed by atoms with van der Waals surface area (Å²) in [6, 6.07) is 0. The van der Waals surface area contributed by atoms with E-state index in [9.17, 15) is 4.79 Å². The number of thioether (sulfide) groups is 1. The van der Waals surface area contributed by atoms with Crippen molar-refractivity contribution in [2.45, 2.75) is 19.8 Å². The SMILES string of the molecule is CCCCSCC(=O)NC. The van der Waals surface area contributed by atoms with Crippen LogP contribution in [0.3, 0.4) is 0 Å². The van der Waals surface area contributed by atoms with Gasteiger partial charge in [-0.05, 0) is 12.2 Å². The Balaban J connectivity index is 2.96. The minimum absolute atomic E-state index is 0.126. The molecule has 1 amide bonds. The molecule has 0 radical (unpaired) electrons. The van der Waals surface area contributed by atoms with Gasteiger partial charge in [-0.1, -0.05) is 13.3 Å². The fraction of sp³-hybridized carbons (Fsp3) is 0.857. The molecule has 0 saturated heterocycles. The summed E-state index contributed by atoms with van der Waals surface area (Å²) in [6.07, 6.45) is 2.42. The fourth-order valence-corrected chi connectivity index (χ4v) is 1.45. The highest BCUT2D eigenvalue weighted by atomic mass is 32.2. The lowest BCUT2D eigenvalue weighted by Crippen LogP contribution is -2.19. The number of carbonyl (C=O) groups excluding carboxylic acids is 1. The lowest BCUT2D eigenvalue weighted by atomic mass is 10.4. The second-order valence-electron chi connectivity index (χ2n) is 2.08. The predicted molar refractivity (Wildman–Crippen MR) is 46.3 cm³/mol. The van der Waals surface area contributed by atoms with Gasteiger partial charge < -0.3 is 5.32 Å². The minimum Gasteiger partial charge on any atom is -0.358 e. The predicted octanol–water partition coefficient (Wildman–Crippen LogP) is 1.27. The van der Waals surface area contributed by atoms with Crippen molar-refractivity contribution < 1.29 is 4.79 Å². The molecule has 2 nitrogen and oxygen atoms in total. The van der Waals surface area contributed by atoms with Crippen LogP contribution >= 0.6 is 11.8 Å². The van der Waals surface area contributed by atoms with Crippen LogP contribution < -0.4 is 5.32 Å². The number of amides is 1. The summed E-state index contributed by atoms with van der Waals surface area (Å²) in [5, 5.41) is 2.58. The molecule has 0 spiro atoms. The summed E-state index contributed by atoms with van der Waals surface area (Å²) in [6.45, 7) is 2.15. The molecule has 1 N–H and O–H groups in total. The van der Waals surface area contributed by atoms with Crippen molar-refractivity contribution in [3.8, 4) is 0 Å². The van der Waals surface area contributed by atoms with Gasteiger partial charge in [0, 0.05) is 7.05 Å². The van der Waals surface area contributed by atoms with Crippen LogP contribution in [0, 0.1) is 0 Å². The van der Waals surface area contributed by atoms with Crippen LogP contribution in [0.5, 0.6) is 0 Å². The summed E-state index contributed by atoms with van der Waals surface area (Å²) < 4.78 is 0. The van der Waals surface area contributed by atoms with Gasteiger partial charge in [0.1, 0.15) is 0 Å². The molecule has 0 aliphatic rings. The molecule has 0 fully saturated rings. The Labute approximate surface area is 66.8 Å². The Bertz CT molecular complexity index is 95.6. The first kappa shape index (κ1) is 9.82. The molecule has 0 aliphatic carbocycles. The van der Waals surface area contributed by atoms with Crippen molar-refractivity contribution in [2.24, 2.45) is 0 Å². The first-order valence-corrected chi connectivity index (χ1v) is 4.75. The molecule has 3 heteroatoms. The molecule has 0 rings (SSSR count). The molecule has 0 aliphatic heterocycles. The molecule has 0 heterocycles. The Kier molecular flexibility index (Phi) is 6.81. The molecule has 0 aromatic heterocycles. The van der Waals surface area contributed by atoms with Gasteiger partial charge in [-0.25, -0.2) is 0 Å². The van der Waals surface area contributed by atoms with Crippen molar-refractivity contribution in [3.63, 3.8) is 0 Å². The maximum Gasteiger partial charge on any atom is 0.229 e. The van der Waals surface area contributed by atoms with E-state index in [0.717, 1.165) is 5.75 Å². The quantitative estimate of drug-likeness (QED) is 0.615. The van der Waals surface area contributed by atoms with Gasteiger partial charge in [0.2, 0.25) is 5.91 Å². The van der Waals surface area contributed by atoms with Crippen LogP contribution in [-0.4, -0.2) is 24.5 Å². The zero-order chi connectivity index (χ0) is 7.82. The van der Waals surface area contributed by atoms with Gasteiger partial charge in [-0.3, -0.25) is 4.79 Å². The highest BCUT2D eigenvalue weighted by Gasteiger charge is 1.95. The van der Waals surface area contributed by atoms with E-state index >= 15 is 0 Å². The third-order valence-corrected chi connectivity index (χ3v) is 2.20. The van der Waals surface area contributed by atoms with Crippen LogP contribution in [0.4, 0.5) is 0 Å². The number of unbranched alkanes of at least 4 members (excludes halogenated alkanes) is 1. The van der Waals surface area contributed by atoms with Gasteiger partial charge in [0.15, 0.2) is 0 Å². The van der Waals surface area contributed by atoms with Crippen LogP contribution in [0.25, 0.3) is 0 Å². The van der Waals surface area contributed by atoms with Gasteiger partial charge in [0.25, 0.3) is 0 Å². The van der Waals surface area contributed by atoms with E-state index < -0.39 is 0 Å². The molecule has 0 aromatic rings. The number of nitrogens with one attached hydrogen (secondary N) is 1. The lowest BCUT2D eigenvalue weighted by molar-refractivity contribution is -0.118. The second kappa shape index (κ2) is 6.93. The Morgan fingerprint density at radius 3 is 2.80 bits per heavy atom. The van der Waals surface area contributed by atoms with E-state index in [1.807, 2.05) is 0 Å². The van der Waals surface area contributed by atoms with Crippen LogP contribution in [-0.2, 0) is 4.79 Å². The molecule has 0 unspecified atom stereocenters. The molecule has 10 heavy (non-hydrogen) atoms. The van der Waals surface area contributed by atoms with E-state index in [0.29, 0.717) is 5.75 Å². The van der Waals surface area contributed by atoms with Gasteiger partial charge >= 0.3 is 0 Å². The maximum absolute atomic E-state index is 10.6. The number of hydrogen-bond acceptors (Lipinski definition) is 2. The topological polar surface area (TPSA) is 29.1 Å². The lowest BCUT2D eigenvalue weighted by Gasteiger charge is -1.97. The Morgan fingerprint density at radius 2 is 2.30 bits per heavy atom. The average molecular weight is 161 g/mol. The van der Waals surface area contributed by atoms with Crippen LogP contribution in [0.15, 0.2) is 0 Å². The normalized spacial score (nSPS) is 9.40. The number of hydrogen-bond donors (Lipinski definition) is 1.